The van der Waals surface area contributed by atoms with E-state index in [0.717, 1.165) is 5.56 Å². The highest BCUT2D eigenvalue weighted by molar-refractivity contribution is 7.13. The van der Waals surface area contributed by atoms with Crippen molar-refractivity contribution < 1.29 is 23.0 Å². The number of halogens is 3. The summed E-state index contributed by atoms with van der Waals surface area (Å²) < 4.78 is 42.5. The lowest BCUT2D eigenvalue weighted by atomic mass is 10.2. The van der Waals surface area contributed by atoms with Crippen LogP contribution in [0.4, 0.5) is 13.2 Å². The normalized spacial score (nSPS) is 11.6. The zero-order valence-corrected chi connectivity index (χ0v) is 16.4. The van der Waals surface area contributed by atoms with E-state index in [1.165, 1.54) is 35.6 Å². The monoisotopic (exact) mass is 432 g/mol. The molecule has 0 amide bonds. The fraction of sp³-hybridized carbons (Fsp3) is 0.150. The van der Waals surface area contributed by atoms with Crippen molar-refractivity contribution in [3.05, 3.63) is 65.3 Å². The minimum Gasteiger partial charge on any atom is -0.508 e. The van der Waals surface area contributed by atoms with E-state index in [0.29, 0.717) is 34.5 Å². The van der Waals surface area contributed by atoms with Crippen LogP contribution in [0.3, 0.4) is 0 Å². The molecule has 154 valence electrons. The smallest absolute Gasteiger partial charge is 0.508 e. The van der Waals surface area contributed by atoms with Crippen molar-refractivity contribution in [1.29, 1.82) is 0 Å². The molecule has 0 aliphatic heterocycles. The summed E-state index contributed by atoms with van der Waals surface area (Å²) in [4.78, 5) is 8.96. The molecule has 0 spiro atoms. The van der Waals surface area contributed by atoms with Gasteiger partial charge in [-0.1, -0.05) is 12.1 Å². The highest BCUT2D eigenvalue weighted by atomic mass is 32.1. The van der Waals surface area contributed by atoms with Crippen LogP contribution in [0.5, 0.6) is 11.5 Å². The molecule has 0 aliphatic carbocycles. The minimum atomic E-state index is -4.73. The Morgan fingerprint density at radius 1 is 1.10 bits per heavy atom. The maximum absolute atomic E-state index is 12.3. The second kappa shape index (κ2) is 7.79. The largest absolute Gasteiger partial charge is 0.573 e. The Balaban J connectivity index is 1.53. The van der Waals surface area contributed by atoms with Crippen molar-refractivity contribution in [2.24, 2.45) is 0 Å². The number of rotatable bonds is 5. The predicted octanol–water partition coefficient (Wildman–Crippen LogP) is 5.03. The summed E-state index contributed by atoms with van der Waals surface area (Å²) in [6.45, 7) is 2.28. The summed E-state index contributed by atoms with van der Waals surface area (Å²) >= 11 is 1.34. The van der Waals surface area contributed by atoms with Crippen molar-refractivity contribution >= 4 is 11.3 Å². The average molecular weight is 432 g/mol. The van der Waals surface area contributed by atoms with Crippen LogP contribution in [0.1, 0.15) is 11.4 Å². The maximum atomic E-state index is 12.3. The van der Waals surface area contributed by atoms with Crippen LogP contribution in [-0.2, 0) is 6.54 Å². The third kappa shape index (κ3) is 4.60. The lowest BCUT2D eigenvalue weighted by molar-refractivity contribution is -0.274. The predicted molar refractivity (Wildman–Crippen MR) is 105 cm³/mol. The molecule has 2 aromatic heterocycles. The average Bonchev–Trinajstić information content (AvgIpc) is 3.29. The van der Waals surface area contributed by atoms with Crippen LogP contribution in [-0.4, -0.2) is 31.2 Å². The maximum Gasteiger partial charge on any atom is 0.573 e. The van der Waals surface area contributed by atoms with Crippen LogP contribution < -0.4 is 4.74 Å². The van der Waals surface area contributed by atoms with Gasteiger partial charge in [0.25, 0.3) is 0 Å². The number of hydrogen-bond donors (Lipinski definition) is 1. The topological polar surface area (TPSA) is 73.1 Å². The number of alkyl halides is 3. The molecule has 6 nitrogen and oxygen atoms in total. The highest BCUT2D eigenvalue weighted by Crippen LogP contribution is 2.30. The number of phenols is 1. The summed E-state index contributed by atoms with van der Waals surface area (Å²) in [6, 6.07) is 12.4. The van der Waals surface area contributed by atoms with Crippen LogP contribution in [0.2, 0.25) is 0 Å². The second-order valence-corrected chi connectivity index (χ2v) is 7.28. The SMILES string of the molecule is Cc1nc(-c2nc(-c3ccc(OC(F)(F)F)cc3)cs2)nn1Cc1cccc(O)c1. The van der Waals surface area contributed by atoms with Crippen molar-refractivity contribution in [3.63, 3.8) is 0 Å². The van der Waals surface area contributed by atoms with Crippen LogP contribution in [0, 0.1) is 6.92 Å². The van der Waals surface area contributed by atoms with Gasteiger partial charge in [-0.25, -0.2) is 14.6 Å². The Bertz CT molecular complexity index is 1170. The molecule has 30 heavy (non-hydrogen) atoms. The second-order valence-electron chi connectivity index (χ2n) is 6.42. The van der Waals surface area contributed by atoms with Gasteiger partial charge in [0.15, 0.2) is 5.01 Å². The number of thiazole rings is 1. The molecular formula is C20H15F3N4O2S. The van der Waals surface area contributed by atoms with Gasteiger partial charge in [0.05, 0.1) is 12.2 Å². The number of aromatic nitrogens is 4. The molecule has 10 heteroatoms. The quantitative estimate of drug-likeness (QED) is 0.479. The Kier molecular flexibility index (Phi) is 5.17. The Hall–Kier alpha value is -3.40. The van der Waals surface area contributed by atoms with Gasteiger partial charge in [0.2, 0.25) is 5.82 Å². The van der Waals surface area contributed by atoms with Gasteiger partial charge in [-0.2, -0.15) is 0 Å². The van der Waals surface area contributed by atoms with Crippen LogP contribution in [0.25, 0.3) is 22.1 Å². The summed E-state index contributed by atoms with van der Waals surface area (Å²) in [6.07, 6.45) is -4.73. The third-order valence-electron chi connectivity index (χ3n) is 4.18. The van der Waals surface area contributed by atoms with Gasteiger partial charge >= 0.3 is 6.36 Å². The van der Waals surface area contributed by atoms with Gasteiger partial charge in [-0.15, -0.1) is 29.6 Å². The molecule has 0 unspecified atom stereocenters. The first kappa shape index (κ1) is 19.9. The molecule has 0 atom stereocenters. The first-order valence-electron chi connectivity index (χ1n) is 8.78. The minimum absolute atomic E-state index is 0.182. The molecule has 4 aromatic rings. The molecular weight excluding hydrogens is 417 g/mol. The summed E-state index contributed by atoms with van der Waals surface area (Å²) in [5.74, 6) is 1.05. The molecule has 2 aromatic carbocycles. The van der Waals surface area contributed by atoms with E-state index in [9.17, 15) is 18.3 Å². The fourth-order valence-electron chi connectivity index (χ4n) is 2.82. The lowest BCUT2D eigenvalue weighted by Crippen LogP contribution is -2.16. The van der Waals surface area contributed by atoms with E-state index in [1.807, 2.05) is 13.0 Å². The molecule has 2 heterocycles. The summed E-state index contributed by atoms with van der Waals surface area (Å²) in [7, 11) is 0. The first-order chi connectivity index (χ1) is 14.3. The molecule has 0 radical (unpaired) electrons. The van der Waals surface area contributed by atoms with E-state index >= 15 is 0 Å². The molecule has 0 saturated heterocycles. The molecule has 0 bridgehead atoms. The zero-order valence-electron chi connectivity index (χ0n) is 15.6. The van der Waals surface area contributed by atoms with Crippen molar-refractivity contribution in [2.45, 2.75) is 19.8 Å². The van der Waals surface area contributed by atoms with Gasteiger partial charge < -0.3 is 9.84 Å². The Morgan fingerprint density at radius 3 is 2.57 bits per heavy atom. The first-order valence-corrected chi connectivity index (χ1v) is 9.66. The van der Waals surface area contributed by atoms with E-state index < -0.39 is 6.36 Å². The number of hydrogen-bond acceptors (Lipinski definition) is 6. The standard InChI is InChI=1S/C20H15F3N4O2S/c1-12-24-18(26-27(12)10-13-3-2-4-15(28)9-13)19-25-17(11-30-19)14-5-7-16(8-6-14)29-20(21,22)23/h2-9,11,28H,10H2,1H3. The van der Waals surface area contributed by atoms with Crippen molar-refractivity contribution in [3.8, 4) is 33.6 Å². The summed E-state index contributed by atoms with van der Waals surface area (Å²) in [5.41, 5.74) is 2.15. The number of benzene rings is 2. The van der Waals surface area contributed by atoms with Crippen LogP contribution in [0.15, 0.2) is 53.9 Å². The number of ether oxygens (including phenoxy) is 1. The molecule has 0 saturated carbocycles. The zero-order chi connectivity index (χ0) is 21.3. The number of phenolic OH excluding ortho intramolecular Hbond substituents is 1. The Labute approximate surface area is 173 Å². The van der Waals surface area contributed by atoms with E-state index in [4.69, 9.17) is 0 Å². The third-order valence-corrected chi connectivity index (χ3v) is 5.02. The van der Waals surface area contributed by atoms with E-state index in [-0.39, 0.29) is 11.5 Å². The molecule has 1 N–H and O–H groups in total. The van der Waals surface area contributed by atoms with E-state index in [1.54, 1.807) is 28.3 Å². The van der Waals surface area contributed by atoms with E-state index in [2.05, 4.69) is 19.8 Å². The molecule has 0 aliphatic rings. The number of aryl methyl sites for hydroxylation is 1. The molecule has 0 fully saturated rings. The van der Waals surface area contributed by atoms with Crippen LogP contribution >= 0.6 is 11.3 Å². The van der Waals surface area contributed by atoms with Crippen molar-refractivity contribution in [2.75, 3.05) is 0 Å². The van der Waals surface area contributed by atoms with Crippen molar-refractivity contribution in [1.82, 2.24) is 19.7 Å². The van der Waals surface area contributed by atoms with Gasteiger partial charge in [0.1, 0.15) is 17.3 Å². The van der Waals surface area contributed by atoms with Gasteiger partial charge in [-0.3, -0.25) is 0 Å². The number of nitrogens with zero attached hydrogens (tertiary/aromatic N) is 4. The fourth-order valence-corrected chi connectivity index (χ4v) is 3.58. The van der Waals surface area contributed by atoms with Gasteiger partial charge in [-0.05, 0) is 48.9 Å². The number of aromatic hydroxyl groups is 1. The summed E-state index contributed by atoms with van der Waals surface area (Å²) in [5, 5.41) is 16.5. The van der Waals surface area contributed by atoms with Gasteiger partial charge in [0, 0.05) is 10.9 Å². The molecule has 4 rings (SSSR count). The Morgan fingerprint density at radius 2 is 1.87 bits per heavy atom. The lowest BCUT2D eigenvalue weighted by Gasteiger charge is -2.08. The highest BCUT2D eigenvalue weighted by Gasteiger charge is 2.31.